The van der Waals surface area contributed by atoms with Gasteiger partial charge in [-0.15, -0.1) is 0 Å². The van der Waals surface area contributed by atoms with Crippen LogP contribution in [0.15, 0.2) is 47.3 Å². The van der Waals surface area contributed by atoms with E-state index in [1.54, 1.807) is 36.8 Å². The summed E-state index contributed by atoms with van der Waals surface area (Å²) in [6, 6.07) is 10.4. The van der Waals surface area contributed by atoms with Crippen LogP contribution in [-0.2, 0) is 6.42 Å². The summed E-state index contributed by atoms with van der Waals surface area (Å²) in [5.74, 6) is -0.136. The average molecular weight is 240 g/mol. The Balaban J connectivity index is 1.86. The fourth-order valence-corrected chi connectivity index (χ4v) is 1.55. The smallest absolute Gasteiger partial charge is 0.251 e. The summed E-state index contributed by atoms with van der Waals surface area (Å²) in [5.41, 5.74) is 2.15. The highest BCUT2D eigenvalue weighted by Gasteiger charge is 2.04. The molecule has 0 atom stereocenters. The molecule has 2 rings (SSSR count). The Labute approximate surface area is 105 Å². The van der Waals surface area contributed by atoms with E-state index in [-0.39, 0.29) is 5.91 Å². The second-order valence-corrected chi connectivity index (χ2v) is 3.83. The Morgan fingerprint density at radius 3 is 2.67 bits per heavy atom. The molecule has 1 heterocycles. The van der Waals surface area contributed by atoms with Gasteiger partial charge in [-0.25, -0.2) is 0 Å². The number of furan rings is 1. The van der Waals surface area contributed by atoms with Crippen LogP contribution in [-0.4, -0.2) is 12.5 Å². The summed E-state index contributed by atoms with van der Waals surface area (Å²) in [6.45, 7) is 0.554. The number of hydrogen-bond acceptors (Lipinski definition) is 3. The summed E-state index contributed by atoms with van der Waals surface area (Å²) in [4.78, 5) is 11.8. The second kappa shape index (κ2) is 5.69. The minimum atomic E-state index is -0.136. The highest BCUT2D eigenvalue weighted by atomic mass is 16.3. The van der Waals surface area contributed by atoms with Crippen molar-refractivity contribution >= 4 is 5.91 Å². The Morgan fingerprint density at radius 1 is 1.28 bits per heavy atom. The summed E-state index contributed by atoms with van der Waals surface area (Å²) in [7, 11) is 0. The van der Waals surface area contributed by atoms with Gasteiger partial charge in [-0.3, -0.25) is 4.79 Å². The third-order valence-corrected chi connectivity index (χ3v) is 2.56. The molecule has 0 aliphatic heterocycles. The van der Waals surface area contributed by atoms with Gasteiger partial charge in [0.1, 0.15) is 0 Å². The Morgan fingerprint density at radius 2 is 2.06 bits per heavy atom. The highest BCUT2D eigenvalue weighted by molar-refractivity contribution is 5.94. The molecular weight excluding hydrogens is 228 g/mol. The zero-order valence-electron chi connectivity index (χ0n) is 9.72. The van der Waals surface area contributed by atoms with Gasteiger partial charge in [0.2, 0.25) is 0 Å². The van der Waals surface area contributed by atoms with E-state index in [1.165, 1.54) is 0 Å². The van der Waals surface area contributed by atoms with E-state index >= 15 is 0 Å². The number of carbonyl (C=O) groups is 1. The third-order valence-electron chi connectivity index (χ3n) is 2.56. The second-order valence-electron chi connectivity index (χ2n) is 3.83. The van der Waals surface area contributed by atoms with E-state index in [0.29, 0.717) is 17.7 Å². The van der Waals surface area contributed by atoms with Gasteiger partial charge >= 0.3 is 0 Å². The maximum Gasteiger partial charge on any atom is 0.251 e. The van der Waals surface area contributed by atoms with Crippen molar-refractivity contribution in [3.05, 3.63) is 59.5 Å². The van der Waals surface area contributed by atoms with Crippen molar-refractivity contribution < 1.29 is 9.21 Å². The van der Waals surface area contributed by atoms with E-state index in [0.717, 1.165) is 12.0 Å². The molecule has 18 heavy (non-hydrogen) atoms. The standard InChI is InChI=1S/C14H12N2O2/c15-9-11-1-3-13(4-2-11)14(17)16-7-5-12-6-8-18-10-12/h1-4,6,8,10H,5,7H2,(H,16,17). The molecule has 0 aliphatic rings. The molecular formula is C14H12N2O2. The first-order valence-electron chi connectivity index (χ1n) is 5.59. The first kappa shape index (κ1) is 11.9. The van der Waals surface area contributed by atoms with Crippen molar-refractivity contribution in [1.29, 1.82) is 5.26 Å². The lowest BCUT2D eigenvalue weighted by Crippen LogP contribution is -2.25. The molecule has 1 N–H and O–H groups in total. The normalized spacial score (nSPS) is 9.72. The number of rotatable bonds is 4. The van der Waals surface area contributed by atoms with E-state index in [4.69, 9.17) is 9.68 Å². The molecule has 0 aliphatic carbocycles. The molecule has 1 aromatic carbocycles. The molecule has 0 bridgehead atoms. The topological polar surface area (TPSA) is 66.0 Å². The van der Waals surface area contributed by atoms with E-state index in [1.807, 2.05) is 12.1 Å². The number of carbonyl (C=O) groups excluding carboxylic acids is 1. The van der Waals surface area contributed by atoms with Gasteiger partial charge in [-0.05, 0) is 42.3 Å². The van der Waals surface area contributed by atoms with Gasteiger partial charge < -0.3 is 9.73 Å². The van der Waals surface area contributed by atoms with Crippen LogP contribution in [0.1, 0.15) is 21.5 Å². The molecule has 0 saturated heterocycles. The van der Waals surface area contributed by atoms with Gasteiger partial charge in [-0.2, -0.15) is 5.26 Å². The summed E-state index contributed by atoms with van der Waals surface area (Å²) in [6.07, 6.45) is 4.00. The number of amides is 1. The summed E-state index contributed by atoms with van der Waals surface area (Å²) >= 11 is 0. The first-order chi connectivity index (χ1) is 8.79. The largest absolute Gasteiger partial charge is 0.472 e. The molecule has 0 saturated carbocycles. The van der Waals surface area contributed by atoms with Crippen LogP contribution in [0.25, 0.3) is 0 Å². The molecule has 0 fully saturated rings. The van der Waals surface area contributed by atoms with Crippen LogP contribution < -0.4 is 5.32 Å². The maximum absolute atomic E-state index is 11.8. The van der Waals surface area contributed by atoms with Crippen molar-refractivity contribution in [2.24, 2.45) is 0 Å². The molecule has 0 spiro atoms. The number of nitrogens with zero attached hydrogens (tertiary/aromatic N) is 1. The van der Waals surface area contributed by atoms with E-state index in [2.05, 4.69) is 5.32 Å². The molecule has 1 aromatic heterocycles. The molecule has 2 aromatic rings. The van der Waals surface area contributed by atoms with E-state index < -0.39 is 0 Å². The maximum atomic E-state index is 11.8. The van der Waals surface area contributed by atoms with Gasteiger partial charge in [0.05, 0.1) is 24.2 Å². The van der Waals surface area contributed by atoms with Gasteiger partial charge in [-0.1, -0.05) is 0 Å². The predicted octanol–water partition coefficient (Wildman–Crippen LogP) is 2.12. The number of nitriles is 1. The molecule has 0 unspecified atom stereocenters. The molecule has 4 nitrogen and oxygen atoms in total. The average Bonchev–Trinajstić information content (AvgIpc) is 2.92. The quantitative estimate of drug-likeness (QED) is 0.890. The zero-order valence-corrected chi connectivity index (χ0v) is 9.72. The lowest BCUT2D eigenvalue weighted by molar-refractivity contribution is 0.0954. The van der Waals surface area contributed by atoms with Crippen molar-refractivity contribution in [3.8, 4) is 6.07 Å². The van der Waals surface area contributed by atoms with Gasteiger partial charge in [0.15, 0.2) is 0 Å². The number of nitrogens with one attached hydrogen (secondary N) is 1. The number of hydrogen-bond donors (Lipinski definition) is 1. The highest BCUT2D eigenvalue weighted by Crippen LogP contribution is 2.04. The lowest BCUT2D eigenvalue weighted by Gasteiger charge is -2.04. The van der Waals surface area contributed by atoms with Crippen LogP contribution in [0.3, 0.4) is 0 Å². The van der Waals surface area contributed by atoms with Crippen LogP contribution in [0.2, 0.25) is 0 Å². The molecule has 4 heteroatoms. The van der Waals surface area contributed by atoms with Crippen molar-refractivity contribution in [1.82, 2.24) is 5.32 Å². The third kappa shape index (κ3) is 2.98. The van der Waals surface area contributed by atoms with Crippen molar-refractivity contribution in [2.45, 2.75) is 6.42 Å². The Kier molecular flexibility index (Phi) is 3.77. The fourth-order valence-electron chi connectivity index (χ4n) is 1.55. The Bertz CT molecular complexity index is 550. The van der Waals surface area contributed by atoms with Gasteiger partial charge in [0.25, 0.3) is 5.91 Å². The monoisotopic (exact) mass is 240 g/mol. The lowest BCUT2D eigenvalue weighted by atomic mass is 10.1. The molecule has 0 radical (unpaired) electrons. The number of benzene rings is 1. The minimum Gasteiger partial charge on any atom is -0.472 e. The summed E-state index contributed by atoms with van der Waals surface area (Å²) < 4.78 is 4.94. The van der Waals surface area contributed by atoms with E-state index in [9.17, 15) is 4.79 Å². The predicted molar refractivity (Wildman–Crippen MR) is 65.9 cm³/mol. The fraction of sp³-hybridized carbons (Fsp3) is 0.143. The van der Waals surface area contributed by atoms with Crippen molar-refractivity contribution in [2.75, 3.05) is 6.54 Å². The SMILES string of the molecule is N#Cc1ccc(C(=O)NCCc2ccoc2)cc1. The van der Waals surface area contributed by atoms with Crippen LogP contribution >= 0.6 is 0 Å². The van der Waals surface area contributed by atoms with Gasteiger partial charge in [0, 0.05) is 12.1 Å². The Hall–Kier alpha value is -2.54. The first-order valence-corrected chi connectivity index (χ1v) is 5.59. The van der Waals surface area contributed by atoms with Crippen molar-refractivity contribution in [3.63, 3.8) is 0 Å². The minimum absolute atomic E-state index is 0.136. The van der Waals surface area contributed by atoms with Crippen LogP contribution in [0, 0.1) is 11.3 Å². The summed E-state index contributed by atoms with van der Waals surface area (Å²) in [5, 5.41) is 11.5. The molecule has 1 amide bonds. The van der Waals surface area contributed by atoms with Crippen LogP contribution in [0.4, 0.5) is 0 Å². The zero-order chi connectivity index (χ0) is 12.8. The van der Waals surface area contributed by atoms with Crippen LogP contribution in [0.5, 0.6) is 0 Å². The molecule has 90 valence electrons.